The number of halogens is 1. The second kappa shape index (κ2) is 4.38. The highest BCUT2D eigenvalue weighted by molar-refractivity contribution is 9.10. The average molecular weight is 284 g/mol. The molecule has 1 N–H and O–H groups in total. The van der Waals surface area contributed by atoms with Gasteiger partial charge in [0, 0.05) is 22.2 Å². The fourth-order valence-corrected chi connectivity index (χ4v) is 2.88. The van der Waals surface area contributed by atoms with E-state index in [2.05, 4.69) is 52.9 Å². The van der Waals surface area contributed by atoms with Gasteiger partial charge in [0.1, 0.15) is 0 Å². The zero-order valence-corrected chi connectivity index (χ0v) is 11.4. The molecule has 1 heterocycles. The van der Waals surface area contributed by atoms with Crippen LogP contribution < -0.4 is 4.90 Å². The third-order valence-electron chi connectivity index (χ3n) is 3.27. The molecule has 2 nitrogen and oxygen atoms in total. The summed E-state index contributed by atoms with van der Waals surface area (Å²) in [6, 6.07) is 8.36. The molecule has 1 aliphatic heterocycles. The number of aliphatic hydroxyl groups excluding tert-OH is 1. The van der Waals surface area contributed by atoms with Crippen LogP contribution in [0.25, 0.3) is 0 Å². The van der Waals surface area contributed by atoms with Crippen LogP contribution in [0.2, 0.25) is 0 Å². The first-order chi connectivity index (χ1) is 7.49. The van der Waals surface area contributed by atoms with Crippen LogP contribution in [-0.2, 0) is 0 Å². The number of anilines is 1. The first-order valence-corrected chi connectivity index (χ1v) is 6.50. The van der Waals surface area contributed by atoms with Crippen molar-refractivity contribution in [3.63, 3.8) is 0 Å². The van der Waals surface area contributed by atoms with Gasteiger partial charge in [-0.05, 0) is 44.9 Å². The molecule has 1 atom stereocenters. The van der Waals surface area contributed by atoms with Crippen molar-refractivity contribution < 1.29 is 5.11 Å². The molecule has 1 aliphatic rings. The summed E-state index contributed by atoms with van der Waals surface area (Å²) in [6.07, 6.45) is 1.54. The predicted molar refractivity (Wildman–Crippen MR) is 70.8 cm³/mol. The standard InChI is InChI=1S/C13H18BrNO/c1-13(2)9-12(16)6-7-15(13)11-5-3-4-10(14)8-11/h3-5,8,12,16H,6-7,9H2,1-2H3. The molecule has 2 rings (SSSR count). The maximum absolute atomic E-state index is 9.73. The fraction of sp³-hybridized carbons (Fsp3) is 0.538. The van der Waals surface area contributed by atoms with Crippen molar-refractivity contribution in [3.05, 3.63) is 28.7 Å². The fourth-order valence-electron chi connectivity index (χ4n) is 2.49. The molecule has 0 bridgehead atoms. The van der Waals surface area contributed by atoms with Gasteiger partial charge in [0.25, 0.3) is 0 Å². The van der Waals surface area contributed by atoms with E-state index >= 15 is 0 Å². The number of nitrogens with zero attached hydrogens (tertiary/aromatic N) is 1. The van der Waals surface area contributed by atoms with E-state index in [1.165, 1.54) is 5.69 Å². The molecule has 0 aromatic heterocycles. The molecule has 0 spiro atoms. The zero-order valence-electron chi connectivity index (χ0n) is 9.78. The van der Waals surface area contributed by atoms with Crippen LogP contribution in [-0.4, -0.2) is 23.3 Å². The second-order valence-electron chi connectivity index (χ2n) is 5.09. The van der Waals surface area contributed by atoms with E-state index in [1.807, 2.05) is 6.07 Å². The van der Waals surface area contributed by atoms with Crippen molar-refractivity contribution in [2.45, 2.75) is 38.3 Å². The molecular weight excluding hydrogens is 266 g/mol. The maximum Gasteiger partial charge on any atom is 0.0579 e. The minimum absolute atomic E-state index is 0.0262. The van der Waals surface area contributed by atoms with E-state index in [9.17, 15) is 5.11 Å². The summed E-state index contributed by atoms with van der Waals surface area (Å²) in [7, 11) is 0. The van der Waals surface area contributed by atoms with Crippen LogP contribution in [0.1, 0.15) is 26.7 Å². The van der Waals surface area contributed by atoms with Crippen LogP contribution in [0.3, 0.4) is 0 Å². The van der Waals surface area contributed by atoms with Crippen molar-refractivity contribution in [1.29, 1.82) is 0 Å². The van der Waals surface area contributed by atoms with E-state index < -0.39 is 0 Å². The number of piperidine rings is 1. The van der Waals surface area contributed by atoms with Crippen LogP contribution in [0.5, 0.6) is 0 Å². The highest BCUT2D eigenvalue weighted by Gasteiger charge is 2.33. The Kier molecular flexibility index (Phi) is 3.27. The molecule has 88 valence electrons. The number of benzene rings is 1. The van der Waals surface area contributed by atoms with Gasteiger partial charge in [0.15, 0.2) is 0 Å². The maximum atomic E-state index is 9.73. The van der Waals surface area contributed by atoms with E-state index in [0.717, 1.165) is 23.9 Å². The molecule has 1 aromatic rings. The van der Waals surface area contributed by atoms with Crippen LogP contribution in [0.4, 0.5) is 5.69 Å². The molecule has 3 heteroatoms. The molecule has 1 fully saturated rings. The quantitative estimate of drug-likeness (QED) is 0.856. The van der Waals surface area contributed by atoms with Crippen LogP contribution >= 0.6 is 15.9 Å². The average Bonchev–Trinajstić information content (AvgIpc) is 2.15. The SMILES string of the molecule is CC1(C)CC(O)CCN1c1cccc(Br)c1. The van der Waals surface area contributed by atoms with Gasteiger partial charge in [-0.2, -0.15) is 0 Å². The van der Waals surface area contributed by atoms with E-state index in [4.69, 9.17) is 0 Å². The lowest BCUT2D eigenvalue weighted by Crippen LogP contribution is -2.51. The summed E-state index contributed by atoms with van der Waals surface area (Å²) in [4.78, 5) is 2.38. The van der Waals surface area contributed by atoms with E-state index in [0.29, 0.717) is 0 Å². The van der Waals surface area contributed by atoms with Gasteiger partial charge >= 0.3 is 0 Å². The molecule has 0 saturated carbocycles. The highest BCUT2D eigenvalue weighted by atomic mass is 79.9. The Morgan fingerprint density at radius 3 is 2.81 bits per heavy atom. The number of hydrogen-bond donors (Lipinski definition) is 1. The van der Waals surface area contributed by atoms with Gasteiger partial charge in [-0.25, -0.2) is 0 Å². The Morgan fingerprint density at radius 1 is 1.44 bits per heavy atom. The largest absolute Gasteiger partial charge is 0.393 e. The van der Waals surface area contributed by atoms with Crippen molar-refractivity contribution >= 4 is 21.6 Å². The number of aliphatic hydroxyl groups is 1. The molecule has 0 amide bonds. The number of rotatable bonds is 1. The van der Waals surface area contributed by atoms with Crippen molar-refractivity contribution in [3.8, 4) is 0 Å². The third-order valence-corrected chi connectivity index (χ3v) is 3.76. The predicted octanol–water partition coefficient (Wildman–Crippen LogP) is 3.19. The lowest BCUT2D eigenvalue weighted by molar-refractivity contribution is 0.107. The highest BCUT2D eigenvalue weighted by Crippen LogP contribution is 2.33. The minimum Gasteiger partial charge on any atom is -0.393 e. The first-order valence-electron chi connectivity index (χ1n) is 5.70. The zero-order chi connectivity index (χ0) is 11.8. The molecule has 1 aromatic carbocycles. The van der Waals surface area contributed by atoms with Crippen LogP contribution in [0.15, 0.2) is 28.7 Å². The van der Waals surface area contributed by atoms with Gasteiger partial charge in [-0.15, -0.1) is 0 Å². The topological polar surface area (TPSA) is 23.5 Å². The van der Waals surface area contributed by atoms with Crippen molar-refractivity contribution in [1.82, 2.24) is 0 Å². The van der Waals surface area contributed by atoms with Gasteiger partial charge in [0.05, 0.1) is 6.10 Å². The van der Waals surface area contributed by atoms with Crippen molar-refractivity contribution in [2.75, 3.05) is 11.4 Å². The molecule has 1 saturated heterocycles. The van der Waals surface area contributed by atoms with E-state index in [1.54, 1.807) is 0 Å². The summed E-state index contributed by atoms with van der Waals surface area (Å²) in [6.45, 7) is 5.30. The van der Waals surface area contributed by atoms with Gasteiger partial charge in [-0.3, -0.25) is 0 Å². The smallest absolute Gasteiger partial charge is 0.0579 e. The minimum atomic E-state index is -0.154. The third kappa shape index (κ3) is 2.41. The molecular formula is C13H18BrNO. The summed E-state index contributed by atoms with van der Waals surface area (Å²) < 4.78 is 1.10. The van der Waals surface area contributed by atoms with E-state index in [-0.39, 0.29) is 11.6 Å². The Morgan fingerprint density at radius 2 is 2.19 bits per heavy atom. The monoisotopic (exact) mass is 283 g/mol. The summed E-state index contributed by atoms with van der Waals surface area (Å²) in [5.41, 5.74) is 1.25. The Bertz CT molecular complexity index is 378. The first kappa shape index (κ1) is 11.9. The number of hydrogen-bond acceptors (Lipinski definition) is 2. The molecule has 0 aliphatic carbocycles. The lowest BCUT2D eigenvalue weighted by Gasteiger charge is -2.46. The molecule has 16 heavy (non-hydrogen) atoms. The van der Waals surface area contributed by atoms with Gasteiger partial charge in [-0.1, -0.05) is 22.0 Å². The van der Waals surface area contributed by atoms with Crippen LogP contribution in [0, 0.1) is 0 Å². The summed E-state index contributed by atoms with van der Waals surface area (Å²) in [5, 5.41) is 9.73. The summed E-state index contributed by atoms with van der Waals surface area (Å²) >= 11 is 3.50. The lowest BCUT2D eigenvalue weighted by atomic mass is 9.88. The molecule has 1 unspecified atom stereocenters. The summed E-state index contributed by atoms with van der Waals surface area (Å²) in [5.74, 6) is 0. The Labute approximate surface area is 105 Å². The van der Waals surface area contributed by atoms with Crippen molar-refractivity contribution in [2.24, 2.45) is 0 Å². The second-order valence-corrected chi connectivity index (χ2v) is 6.01. The normalized spacial score (nSPS) is 24.5. The van der Waals surface area contributed by atoms with Gasteiger partial charge < -0.3 is 10.0 Å². The Balaban J connectivity index is 2.27. The Hall–Kier alpha value is -0.540. The van der Waals surface area contributed by atoms with Gasteiger partial charge in [0.2, 0.25) is 0 Å². The molecule has 0 radical (unpaired) electrons.